The first-order chi connectivity index (χ1) is 23.9. The number of benzene rings is 4. The monoisotopic (exact) mass is 636 g/mol. The molecule has 0 saturated carbocycles. The predicted octanol–water partition coefficient (Wildman–Crippen LogP) is 10.3. The molecule has 0 radical (unpaired) electrons. The van der Waals surface area contributed by atoms with E-state index in [1.165, 1.54) is 23.5 Å². The highest BCUT2D eigenvalue weighted by Crippen LogP contribution is 2.62. The van der Waals surface area contributed by atoms with E-state index in [0.717, 1.165) is 22.3 Å². The highest BCUT2D eigenvalue weighted by atomic mass is 32.1. The Morgan fingerprint density at radius 2 is 0.959 bits per heavy atom. The van der Waals surface area contributed by atoms with Gasteiger partial charge >= 0.3 is 0 Å². The molecule has 0 bridgehead atoms. The molecule has 5 aromatic rings. The second-order valence-corrected chi connectivity index (χ2v) is 11.9. The van der Waals surface area contributed by atoms with Gasteiger partial charge in [0.2, 0.25) is 0 Å². The number of rotatable bonds is 2. The van der Waals surface area contributed by atoms with E-state index < -0.39 is 0 Å². The Hall–Kier alpha value is -8.02. The molecular formula is C40H12N8S. The van der Waals surface area contributed by atoms with Crippen molar-refractivity contribution in [2.45, 2.75) is 0 Å². The van der Waals surface area contributed by atoms with Crippen LogP contribution in [0, 0.1) is 71.6 Å². The minimum Gasteiger partial charge on any atom is -0.239 e. The average Bonchev–Trinajstić information content (AvgIpc) is 3.78. The lowest BCUT2D eigenvalue weighted by atomic mass is 9.93. The van der Waals surface area contributed by atoms with Crippen molar-refractivity contribution in [3.05, 3.63) is 162 Å². The van der Waals surface area contributed by atoms with Gasteiger partial charge in [0.25, 0.3) is 11.4 Å². The maximum absolute atomic E-state index is 10.1. The van der Waals surface area contributed by atoms with Crippen molar-refractivity contribution in [3.63, 3.8) is 0 Å². The third-order valence-electron chi connectivity index (χ3n) is 8.41. The molecule has 218 valence electrons. The lowest BCUT2D eigenvalue weighted by molar-refractivity contribution is 1.44. The molecule has 1 aromatic heterocycles. The van der Waals surface area contributed by atoms with E-state index in [0.29, 0.717) is 76.8 Å². The van der Waals surface area contributed by atoms with Crippen LogP contribution in [0.2, 0.25) is 0 Å². The summed E-state index contributed by atoms with van der Waals surface area (Å²) in [6, 6.07) is 29.3. The number of hydrogen-bond acceptors (Lipinski definition) is 5. The zero-order chi connectivity index (χ0) is 34.4. The second kappa shape index (κ2) is 11.4. The van der Waals surface area contributed by atoms with Crippen LogP contribution in [0.3, 0.4) is 0 Å². The topological polar surface area (TPSA) is 113 Å². The van der Waals surface area contributed by atoms with Gasteiger partial charge in [-0.05, 0) is 74.8 Å². The first-order valence-corrected chi connectivity index (χ1v) is 15.1. The van der Waals surface area contributed by atoms with Crippen molar-refractivity contribution in [2.24, 2.45) is 0 Å². The summed E-state index contributed by atoms with van der Waals surface area (Å²) >= 11 is 1.32. The molecule has 0 amide bonds. The quantitative estimate of drug-likeness (QED) is 0.139. The Labute approximate surface area is 284 Å². The fraction of sp³-hybridized carbons (Fsp3) is 0. The van der Waals surface area contributed by atoms with Gasteiger partial charge < -0.3 is 0 Å². The zero-order valence-corrected chi connectivity index (χ0v) is 25.7. The van der Waals surface area contributed by atoms with E-state index in [-0.39, 0.29) is 11.4 Å². The summed E-state index contributed by atoms with van der Waals surface area (Å²) < 4.78 is 0. The molecule has 0 N–H and O–H groups in total. The summed E-state index contributed by atoms with van der Waals surface area (Å²) in [4.78, 5) is 15.5. The van der Waals surface area contributed by atoms with Crippen LogP contribution in [0.1, 0.15) is 32.0 Å². The predicted molar refractivity (Wildman–Crippen MR) is 184 cm³/mol. The molecule has 1 heterocycles. The van der Waals surface area contributed by atoms with E-state index in [4.69, 9.17) is 26.3 Å². The standard InChI is InChI=1S/C40H12N8S/c1-45-27-12-26(13-28(16-27)46-2)24-6-8-30-32(15-24)36(34(20-44)48-4)40-38(30)37-29-7-5-23(25-10-21(17-41)9-22(11-25)18-42)14-31(29)35(39(37)49-40)33(19-43)47-3/h5-16H/b35-33-,36-34+. The van der Waals surface area contributed by atoms with Gasteiger partial charge in [-0.15, -0.1) is 11.3 Å². The average molecular weight is 637 g/mol. The highest BCUT2D eigenvalue weighted by Gasteiger charge is 2.39. The first-order valence-electron chi connectivity index (χ1n) is 14.3. The lowest BCUT2D eigenvalue weighted by Gasteiger charge is -2.10. The molecule has 49 heavy (non-hydrogen) atoms. The molecular weight excluding hydrogens is 625 g/mol. The molecule has 0 spiro atoms. The first kappa shape index (κ1) is 29.7. The maximum Gasteiger partial charge on any atom is 0.271 e. The molecule has 9 heteroatoms. The van der Waals surface area contributed by atoms with Gasteiger partial charge in [0, 0.05) is 32.0 Å². The SMILES string of the molecule is [C-]#[N+]/C(C#N)=C1/c2cc(-c3cc(C#N)cc(C#N)c3)ccc2-c2c1sc1c2-c2ccc(-c3cc([N+]#[C-])cc([N+]#[C-])c3)cc2/C1=C(/C#N)[N+]#[C-]. The van der Waals surface area contributed by atoms with Crippen LogP contribution in [0.5, 0.6) is 0 Å². The molecule has 4 aromatic carbocycles. The van der Waals surface area contributed by atoms with Crippen LogP contribution in [0.4, 0.5) is 11.4 Å². The lowest BCUT2D eigenvalue weighted by Crippen LogP contribution is -1.89. The van der Waals surface area contributed by atoms with Gasteiger partial charge in [-0.25, -0.2) is 29.9 Å². The van der Waals surface area contributed by atoms with Crippen LogP contribution < -0.4 is 0 Å². The number of nitrogens with zero attached hydrogens (tertiary/aromatic N) is 8. The Morgan fingerprint density at radius 3 is 1.35 bits per heavy atom. The zero-order valence-electron chi connectivity index (χ0n) is 24.9. The van der Waals surface area contributed by atoms with Gasteiger partial charge in [0.1, 0.15) is 0 Å². The molecule has 0 atom stereocenters. The van der Waals surface area contributed by atoms with Crippen LogP contribution in [0.15, 0.2) is 84.2 Å². The van der Waals surface area contributed by atoms with E-state index in [1.807, 2.05) is 48.5 Å². The third-order valence-corrected chi connectivity index (χ3v) is 9.63. The molecule has 7 rings (SSSR count). The minimum absolute atomic E-state index is 0.105. The van der Waals surface area contributed by atoms with Crippen molar-refractivity contribution in [1.29, 1.82) is 21.0 Å². The number of fused-ring (bicyclic) bond motifs is 7. The van der Waals surface area contributed by atoms with Crippen LogP contribution >= 0.6 is 11.3 Å². The molecule has 0 fully saturated rings. The van der Waals surface area contributed by atoms with Crippen molar-refractivity contribution >= 4 is 33.9 Å². The highest BCUT2D eigenvalue weighted by molar-refractivity contribution is 7.16. The maximum atomic E-state index is 10.1. The normalized spacial score (nSPS) is 13.2. The third kappa shape index (κ3) is 4.44. The van der Waals surface area contributed by atoms with Crippen LogP contribution in [-0.2, 0) is 0 Å². The summed E-state index contributed by atoms with van der Waals surface area (Å²) in [7, 11) is 0. The summed E-state index contributed by atoms with van der Waals surface area (Å²) in [5.74, 6) is 0. The van der Waals surface area contributed by atoms with E-state index in [1.54, 1.807) is 24.3 Å². The molecule has 0 aliphatic heterocycles. The van der Waals surface area contributed by atoms with E-state index in [9.17, 15) is 21.0 Å². The van der Waals surface area contributed by atoms with Gasteiger partial charge in [-0.2, -0.15) is 10.5 Å². The van der Waals surface area contributed by atoms with E-state index >= 15 is 0 Å². The molecule has 8 nitrogen and oxygen atoms in total. The Kier molecular flexibility index (Phi) is 6.91. The Bertz CT molecular complexity index is 2520. The summed E-state index contributed by atoms with van der Waals surface area (Å²) in [5, 5.41) is 39.3. The van der Waals surface area contributed by atoms with Crippen LogP contribution in [0.25, 0.3) is 75.0 Å². The fourth-order valence-electron chi connectivity index (χ4n) is 6.40. The van der Waals surface area contributed by atoms with Gasteiger partial charge in [0.15, 0.2) is 11.4 Å². The van der Waals surface area contributed by atoms with Crippen molar-refractivity contribution in [3.8, 4) is 68.8 Å². The molecule has 2 aliphatic carbocycles. The number of allylic oxidation sites excluding steroid dienone is 2. The summed E-state index contributed by atoms with van der Waals surface area (Å²) in [5.41, 5.74) is 9.11. The van der Waals surface area contributed by atoms with E-state index in [2.05, 4.69) is 31.5 Å². The van der Waals surface area contributed by atoms with Crippen molar-refractivity contribution in [2.75, 3.05) is 0 Å². The number of hydrogen-bond donors (Lipinski definition) is 0. The van der Waals surface area contributed by atoms with Crippen LogP contribution in [-0.4, -0.2) is 0 Å². The number of nitriles is 4. The Morgan fingerprint density at radius 1 is 0.510 bits per heavy atom. The summed E-state index contributed by atoms with van der Waals surface area (Å²) in [6.07, 6.45) is 0. The van der Waals surface area contributed by atoms with Gasteiger partial charge in [-0.1, -0.05) is 42.5 Å². The fourth-order valence-corrected chi connectivity index (χ4v) is 7.85. The second-order valence-electron chi connectivity index (χ2n) is 10.9. The molecule has 2 aliphatic rings. The smallest absolute Gasteiger partial charge is 0.239 e. The molecule has 0 saturated heterocycles. The largest absolute Gasteiger partial charge is 0.271 e. The van der Waals surface area contributed by atoms with Crippen molar-refractivity contribution < 1.29 is 0 Å². The van der Waals surface area contributed by atoms with Gasteiger partial charge in [-0.3, -0.25) is 0 Å². The molecule has 0 unspecified atom stereocenters. The number of thiophene rings is 1. The summed E-state index contributed by atoms with van der Waals surface area (Å²) in [6.45, 7) is 30.7. The Balaban J connectivity index is 1.51. The van der Waals surface area contributed by atoms with Gasteiger partial charge in [0.05, 0.1) is 61.7 Å². The van der Waals surface area contributed by atoms with Crippen molar-refractivity contribution in [1.82, 2.24) is 0 Å². The minimum atomic E-state index is -0.109.